The van der Waals surface area contributed by atoms with Crippen LogP contribution in [0.1, 0.15) is 21.6 Å². The molecule has 0 spiro atoms. The maximum Gasteiger partial charge on any atom is 0.335 e. The third-order valence-corrected chi connectivity index (χ3v) is 3.91. The lowest BCUT2D eigenvalue weighted by Crippen LogP contribution is -2.13. The van der Waals surface area contributed by atoms with Crippen molar-refractivity contribution in [3.05, 3.63) is 71.4 Å². The molecule has 0 saturated heterocycles. The molecule has 0 saturated carbocycles. The molecule has 28 heavy (non-hydrogen) atoms. The first kappa shape index (κ1) is 17.1. The third kappa shape index (κ3) is 3.21. The summed E-state index contributed by atoms with van der Waals surface area (Å²) in [5.41, 5.74) is 2.51. The van der Waals surface area contributed by atoms with Crippen molar-refractivity contribution in [3.8, 4) is 0 Å². The van der Waals surface area contributed by atoms with Crippen molar-refractivity contribution < 1.29 is 14.5 Å². The van der Waals surface area contributed by atoms with E-state index >= 15 is 0 Å². The van der Waals surface area contributed by atoms with Crippen LogP contribution in [0.25, 0.3) is 11.3 Å². The second-order valence-corrected chi connectivity index (χ2v) is 5.68. The molecule has 0 aliphatic carbocycles. The van der Waals surface area contributed by atoms with Gasteiger partial charge < -0.3 is 16.3 Å². The van der Waals surface area contributed by atoms with E-state index in [-0.39, 0.29) is 16.9 Å². The Morgan fingerprint density at radius 2 is 1.61 bits per heavy atom. The number of hydrogen-bond acceptors (Lipinski definition) is 9. The molecule has 138 valence electrons. The van der Waals surface area contributed by atoms with Crippen LogP contribution < -0.4 is 11.2 Å². The molecule has 4 rings (SSSR count). The molecule has 4 N–H and O–H groups in total. The number of carboxylic acids is 1. The Morgan fingerprint density at radius 1 is 0.964 bits per heavy atom. The summed E-state index contributed by atoms with van der Waals surface area (Å²) in [4.78, 5) is 19.9. The number of rotatable bonds is 5. The number of fused-ring (bicyclic) bond motifs is 1. The van der Waals surface area contributed by atoms with Gasteiger partial charge in [-0.2, -0.15) is 5.10 Å². The van der Waals surface area contributed by atoms with Gasteiger partial charge in [-0.25, -0.2) is 19.4 Å². The van der Waals surface area contributed by atoms with Crippen molar-refractivity contribution >= 4 is 34.5 Å². The van der Waals surface area contributed by atoms with Crippen molar-refractivity contribution in [2.24, 2.45) is 10.9 Å². The fraction of sp³-hybridized carbons (Fsp3) is 0. The molecule has 2 heterocycles. The van der Waals surface area contributed by atoms with Crippen LogP contribution in [0.2, 0.25) is 0 Å². The number of para-hydroxylation sites is 1. The van der Waals surface area contributed by atoms with Crippen molar-refractivity contribution in [1.82, 2.24) is 20.3 Å². The maximum absolute atomic E-state index is 11.1. The first-order chi connectivity index (χ1) is 13.7. The standard InChI is InChI=1S/C18H13N7O3/c19-23-13(10-6-8-11(9-7-10)18(26)27)14-15(20-12-4-2-1-3-5-12)22-17-16(21-14)24-28-25-17/h1-9H,19H2,(H,26,27)(H,20,22,25). The van der Waals surface area contributed by atoms with Crippen LogP contribution in [0, 0.1) is 0 Å². The minimum atomic E-state index is -1.03. The molecule has 0 bridgehead atoms. The van der Waals surface area contributed by atoms with E-state index in [2.05, 4.69) is 30.7 Å². The number of anilines is 2. The number of carboxylic acid groups (broad SMARTS) is 1. The summed E-state index contributed by atoms with van der Waals surface area (Å²) in [6.45, 7) is 0. The summed E-state index contributed by atoms with van der Waals surface area (Å²) in [6, 6.07) is 15.4. The third-order valence-electron chi connectivity index (χ3n) is 3.91. The molecule has 0 atom stereocenters. The van der Waals surface area contributed by atoms with Crippen molar-refractivity contribution in [2.75, 3.05) is 5.32 Å². The van der Waals surface area contributed by atoms with E-state index in [1.807, 2.05) is 30.3 Å². The molecular weight excluding hydrogens is 362 g/mol. The van der Waals surface area contributed by atoms with Crippen LogP contribution in [0.3, 0.4) is 0 Å². The summed E-state index contributed by atoms with van der Waals surface area (Å²) < 4.78 is 4.70. The molecule has 0 aliphatic heterocycles. The minimum absolute atomic E-state index is 0.144. The molecule has 10 nitrogen and oxygen atoms in total. The summed E-state index contributed by atoms with van der Waals surface area (Å²) in [7, 11) is 0. The Labute approximate surface area is 157 Å². The van der Waals surface area contributed by atoms with Gasteiger partial charge in [0.2, 0.25) is 11.3 Å². The van der Waals surface area contributed by atoms with Crippen LogP contribution in [0.15, 0.2) is 64.3 Å². The molecule has 2 aromatic carbocycles. The lowest BCUT2D eigenvalue weighted by atomic mass is 10.0. The Morgan fingerprint density at radius 3 is 2.25 bits per heavy atom. The summed E-state index contributed by atoms with van der Waals surface area (Å²) in [5, 5.41) is 23.5. The molecule has 0 unspecified atom stereocenters. The van der Waals surface area contributed by atoms with Crippen LogP contribution >= 0.6 is 0 Å². The highest BCUT2D eigenvalue weighted by Crippen LogP contribution is 2.23. The van der Waals surface area contributed by atoms with E-state index in [1.54, 1.807) is 12.1 Å². The zero-order chi connectivity index (χ0) is 19.5. The summed E-state index contributed by atoms with van der Waals surface area (Å²) in [5.74, 6) is 4.95. The van der Waals surface area contributed by atoms with E-state index in [1.165, 1.54) is 12.1 Å². The van der Waals surface area contributed by atoms with Gasteiger partial charge >= 0.3 is 5.97 Å². The van der Waals surface area contributed by atoms with Gasteiger partial charge in [-0.05, 0) is 34.6 Å². The van der Waals surface area contributed by atoms with Gasteiger partial charge in [-0.1, -0.05) is 30.3 Å². The molecule has 2 aromatic heterocycles. The summed E-state index contributed by atoms with van der Waals surface area (Å²) >= 11 is 0. The second-order valence-electron chi connectivity index (χ2n) is 5.68. The highest BCUT2D eigenvalue weighted by molar-refractivity contribution is 6.15. The number of aromatic nitrogens is 4. The number of nitrogens with one attached hydrogen (secondary N) is 1. The maximum atomic E-state index is 11.1. The number of nitrogens with zero attached hydrogens (tertiary/aromatic N) is 5. The van der Waals surface area contributed by atoms with Gasteiger partial charge in [-0.15, -0.1) is 0 Å². The van der Waals surface area contributed by atoms with Gasteiger partial charge in [0.05, 0.1) is 5.56 Å². The van der Waals surface area contributed by atoms with Crippen molar-refractivity contribution in [3.63, 3.8) is 0 Å². The van der Waals surface area contributed by atoms with Crippen LogP contribution in [-0.4, -0.2) is 37.1 Å². The topological polar surface area (TPSA) is 152 Å². The van der Waals surface area contributed by atoms with Crippen LogP contribution in [0.4, 0.5) is 11.5 Å². The van der Waals surface area contributed by atoms with E-state index in [9.17, 15) is 4.79 Å². The number of nitrogens with two attached hydrogens (primary N) is 1. The van der Waals surface area contributed by atoms with E-state index < -0.39 is 5.97 Å². The van der Waals surface area contributed by atoms with Gasteiger partial charge in [0.15, 0.2) is 5.82 Å². The van der Waals surface area contributed by atoms with E-state index in [0.29, 0.717) is 22.8 Å². The van der Waals surface area contributed by atoms with Crippen LogP contribution in [0.5, 0.6) is 0 Å². The van der Waals surface area contributed by atoms with Gasteiger partial charge in [0, 0.05) is 11.3 Å². The average molecular weight is 375 g/mol. The number of hydrogen-bond donors (Lipinski definition) is 3. The smallest absolute Gasteiger partial charge is 0.335 e. The number of carbonyl (C=O) groups is 1. The molecule has 0 amide bonds. The fourth-order valence-electron chi connectivity index (χ4n) is 2.59. The minimum Gasteiger partial charge on any atom is -0.478 e. The number of hydrazone groups is 1. The van der Waals surface area contributed by atoms with Crippen LogP contribution in [-0.2, 0) is 0 Å². The number of benzene rings is 2. The second kappa shape index (κ2) is 7.11. The molecule has 0 radical (unpaired) electrons. The first-order valence-corrected chi connectivity index (χ1v) is 8.10. The molecule has 10 heteroatoms. The average Bonchev–Trinajstić information content (AvgIpc) is 3.17. The van der Waals surface area contributed by atoms with Gasteiger partial charge in [0.25, 0.3) is 0 Å². The predicted molar refractivity (Wildman–Crippen MR) is 100 cm³/mol. The van der Waals surface area contributed by atoms with Gasteiger partial charge in [-0.3, -0.25) is 0 Å². The predicted octanol–water partition coefficient (Wildman–Crippen LogP) is 2.17. The monoisotopic (exact) mass is 375 g/mol. The lowest BCUT2D eigenvalue weighted by Gasteiger charge is -2.11. The molecule has 0 fully saturated rings. The molecule has 0 aliphatic rings. The SMILES string of the molecule is NN=C(c1ccc(C(=O)O)cc1)c1nc2nonc2nc1Nc1ccccc1. The zero-order valence-corrected chi connectivity index (χ0v) is 14.3. The molecule has 4 aromatic rings. The Bertz CT molecular complexity index is 1170. The zero-order valence-electron chi connectivity index (χ0n) is 14.3. The first-order valence-electron chi connectivity index (χ1n) is 8.10. The van der Waals surface area contributed by atoms with Gasteiger partial charge in [0.1, 0.15) is 11.4 Å². The Kier molecular flexibility index (Phi) is 4.34. The van der Waals surface area contributed by atoms with E-state index in [4.69, 9.17) is 15.6 Å². The quantitative estimate of drug-likeness (QED) is 0.270. The highest BCUT2D eigenvalue weighted by Gasteiger charge is 2.19. The fourth-order valence-corrected chi connectivity index (χ4v) is 2.59. The Balaban J connectivity index is 1.82. The normalized spacial score (nSPS) is 11.5. The Hall–Kier alpha value is -4.34. The summed E-state index contributed by atoms with van der Waals surface area (Å²) in [6.07, 6.45) is 0. The van der Waals surface area contributed by atoms with E-state index in [0.717, 1.165) is 5.69 Å². The lowest BCUT2D eigenvalue weighted by molar-refractivity contribution is 0.0697. The largest absolute Gasteiger partial charge is 0.478 e. The van der Waals surface area contributed by atoms with Crippen molar-refractivity contribution in [2.45, 2.75) is 0 Å². The highest BCUT2D eigenvalue weighted by atomic mass is 16.6. The number of aromatic carboxylic acids is 1. The van der Waals surface area contributed by atoms with Crippen molar-refractivity contribution in [1.29, 1.82) is 0 Å². The molecular formula is C18H13N7O3.